The number of rotatable bonds is 6. The van der Waals surface area contributed by atoms with Crippen LogP contribution in [0.25, 0.3) is 44.6 Å². The number of hydrogen-bond donors (Lipinski definition) is 1. The molecule has 0 radical (unpaired) electrons. The lowest BCUT2D eigenvalue weighted by molar-refractivity contribution is -0.135. The number of piperidine rings is 1. The third kappa shape index (κ3) is 5.39. The Labute approximate surface area is 273 Å². The molecule has 5 heterocycles. The van der Waals surface area contributed by atoms with Crippen LogP contribution in [0.15, 0.2) is 90.2 Å². The topological polar surface area (TPSA) is 116 Å². The van der Waals surface area contributed by atoms with E-state index in [1.54, 1.807) is 9.25 Å². The predicted octanol–water partition coefficient (Wildman–Crippen LogP) is 5.87. The highest BCUT2D eigenvalue weighted by Crippen LogP contribution is 2.38. The summed E-state index contributed by atoms with van der Waals surface area (Å²) in [6.45, 7) is 7.31. The second-order valence-electron chi connectivity index (χ2n) is 12.7. The van der Waals surface area contributed by atoms with E-state index in [1.807, 2.05) is 110 Å². The van der Waals surface area contributed by atoms with Crippen molar-refractivity contribution in [1.82, 2.24) is 33.8 Å². The van der Waals surface area contributed by atoms with E-state index in [9.17, 15) is 9.59 Å². The molecule has 47 heavy (non-hydrogen) atoms. The number of aryl methyl sites for hydroxylation is 1. The van der Waals surface area contributed by atoms with Crippen molar-refractivity contribution in [3.63, 3.8) is 0 Å². The zero-order chi connectivity index (χ0) is 32.8. The number of anilines is 1. The maximum Gasteiger partial charge on any atom is 0.263 e. The number of amides is 1. The second-order valence-corrected chi connectivity index (χ2v) is 12.7. The predicted molar refractivity (Wildman–Crippen MR) is 184 cm³/mol. The highest BCUT2D eigenvalue weighted by Gasteiger charge is 2.28. The van der Waals surface area contributed by atoms with Crippen molar-refractivity contribution in [2.75, 3.05) is 18.8 Å². The van der Waals surface area contributed by atoms with Crippen LogP contribution in [0.4, 0.5) is 5.82 Å². The zero-order valence-electron chi connectivity index (χ0n) is 27.1. The molecule has 2 N–H and O–H groups in total. The molecule has 1 amide bonds. The minimum atomic E-state index is -0.0920. The Morgan fingerprint density at radius 1 is 0.894 bits per heavy atom. The molecule has 1 aliphatic heterocycles. The number of fused-ring (bicyclic) bond motifs is 1. The van der Waals surface area contributed by atoms with Gasteiger partial charge in [-0.2, -0.15) is 10.2 Å². The van der Waals surface area contributed by atoms with E-state index < -0.39 is 0 Å². The minimum Gasteiger partial charge on any atom is -0.382 e. The number of nitrogens with two attached hydrogens (primary N) is 1. The molecule has 0 saturated carbocycles. The van der Waals surface area contributed by atoms with Gasteiger partial charge in [-0.3, -0.25) is 18.8 Å². The van der Waals surface area contributed by atoms with Crippen LogP contribution in [0.1, 0.15) is 44.0 Å². The van der Waals surface area contributed by atoms with Gasteiger partial charge in [-0.05, 0) is 55.2 Å². The number of nitrogens with zero attached hydrogens (tertiary/aromatic N) is 7. The van der Waals surface area contributed by atoms with Crippen molar-refractivity contribution < 1.29 is 4.79 Å². The second kappa shape index (κ2) is 12.0. The van der Waals surface area contributed by atoms with Crippen LogP contribution >= 0.6 is 0 Å². The molecule has 6 aromatic rings. The molecule has 10 nitrogen and oxygen atoms in total. The molecule has 0 unspecified atom stereocenters. The van der Waals surface area contributed by atoms with Crippen molar-refractivity contribution in [3.8, 4) is 39.1 Å². The molecule has 0 spiro atoms. The third-order valence-electron chi connectivity index (χ3n) is 9.31. The summed E-state index contributed by atoms with van der Waals surface area (Å²) in [7, 11) is 1.89. The first-order chi connectivity index (χ1) is 22.7. The number of hydrogen-bond acceptors (Lipinski definition) is 6. The fourth-order valence-electron chi connectivity index (χ4n) is 6.84. The highest BCUT2D eigenvalue weighted by atomic mass is 16.2. The molecule has 2 aromatic carbocycles. The van der Waals surface area contributed by atoms with Gasteiger partial charge in [-0.25, -0.2) is 9.50 Å². The maximum atomic E-state index is 14.1. The summed E-state index contributed by atoms with van der Waals surface area (Å²) in [5.74, 6) is 0.831. The van der Waals surface area contributed by atoms with E-state index in [0.717, 1.165) is 76.3 Å². The van der Waals surface area contributed by atoms with Gasteiger partial charge in [0.15, 0.2) is 5.82 Å². The number of para-hydroxylation sites is 1. The summed E-state index contributed by atoms with van der Waals surface area (Å²) < 4.78 is 5.45. The van der Waals surface area contributed by atoms with Gasteiger partial charge in [0.1, 0.15) is 11.8 Å². The van der Waals surface area contributed by atoms with Crippen LogP contribution < -0.4 is 11.3 Å². The van der Waals surface area contributed by atoms with Gasteiger partial charge in [-0.15, -0.1) is 0 Å². The SMILES string of the molecule is Cc1c(-c2cnn(C)c2)cc(-c2ccc(-c3cc(C4CCN(C(=O)C(C)C)CC4)n4ncnc(N)c34)cc2)c(=O)n1-c1ccccc1. The normalized spacial score (nSPS) is 13.9. The first-order valence-corrected chi connectivity index (χ1v) is 16.0. The molecule has 0 bridgehead atoms. The van der Waals surface area contributed by atoms with Gasteiger partial charge in [0.05, 0.1) is 6.20 Å². The van der Waals surface area contributed by atoms with E-state index in [4.69, 9.17) is 5.73 Å². The first kappa shape index (κ1) is 30.2. The van der Waals surface area contributed by atoms with Gasteiger partial charge in [0, 0.05) is 77.5 Å². The summed E-state index contributed by atoms with van der Waals surface area (Å²) in [4.78, 5) is 33.0. The quantitative estimate of drug-likeness (QED) is 0.247. The Hall–Kier alpha value is -5.51. The van der Waals surface area contributed by atoms with E-state index in [2.05, 4.69) is 21.2 Å². The fourth-order valence-corrected chi connectivity index (χ4v) is 6.84. The molecule has 1 aliphatic rings. The molecule has 4 aromatic heterocycles. The monoisotopic (exact) mass is 626 g/mol. The van der Waals surface area contributed by atoms with Crippen LogP contribution in [0.5, 0.6) is 0 Å². The van der Waals surface area contributed by atoms with Crippen molar-refractivity contribution in [1.29, 1.82) is 0 Å². The van der Waals surface area contributed by atoms with Crippen LogP contribution in [0.2, 0.25) is 0 Å². The standard InChI is InChI=1S/C37H38N8O2/c1-23(2)36(46)43-16-14-27(15-17-43)33-19-31(34-35(38)39-22-41-45(33)34)25-10-12-26(13-11-25)32-18-30(28-20-40-42(4)21-28)24(3)44(37(32)47)29-8-6-5-7-9-29/h5-13,18-23,27H,14-17H2,1-4H3,(H2,38,39,41). The van der Waals surface area contributed by atoms with Crippen molar-refractivity contribution >= 4 is 17.2 Å². The Balaban J connectivity index is 1.29. The highest BCUT2D eigenvalue weighted by molar-refractivity contribution is 5.89. The number of nitrogen functional groups attached to an aromatic ring is 1. The Morgan fingerprint density at radius 3 is 2.21 bits per heavy atom. The summed E-state index contributed by atoms with van der Waals surface area (Å²) >= 11 is 0. The van der Waals surface area contributed by atoms with Crippen LogP contribution in [-0.2, 0) is 11.8 Å². The molecule has 1 saturated heterocycles. The lowest BCUT2D eigenvalue weighted by Gasteiger charge is -2.33. The van der Waals surface area contributed by atoms with E-state index >= 15 is 0 Å². The summed E-state index contributed by atoms with van der Waals surface area (Å²) in [6, 6.07) is 21.9. The molecule has 0 atom stereocenters. The molecule has 10 heteroatoms. The molecular weight excluding hydrogens is 588 g/mol. The maximum absolute atomic E-state index is 14.1. The number of pyridine rings is 1. The fraction of sp³-hybridized carbons (Fsp3) is 0.270. The van der Waals surface area contributed by atoms with Crippen LogP contribution in [0, 0.1) is 12.8 Å². The van der Waals surface area contributed by atoms with Crippen molar-refractivity contribution in [2.24, 2.45) is 13.0 Å². The van der Waals surface area contributed by atoms with Crippen molar-refractivity contribution in [3.05, 3.63) is 107 Å². The van der Waals surface area contributed by atoms with Crippen LogP contribution in [0.3, 0.4) is 0 Å². The number of aromatic nitrogens is 6. The average Bonchev–Trinajstić information content (AvgIpc) is 3.70. The molecule has 1 fully saturated rings. The van der Waals surface area contributed by atoms with Gasteiger partial charge in [0.25, 0.3) is 5.56 Å². The largest absolute Gasteiger partial charge is 0.382 e. The minimum absolute atomic E-state index is 0.00847. The smallest absolute Gasteiger partial charge is 0.263 e. The lowest BCUT2D eigenvalue weighted by Crippen LogP contribution is -2.40. The molecule has 0 aliphatic carbocycles. The Kier molecular flexibility index (Phi) is 7.71. The number of carbonyl (C=O) groups is 1. The summed E-state index contributed by atoms with van der Waals surface area (Å²) in [5, 5.41) is 8.99. The van der Waals surface area contributed by atoms with E-state index in [-0.39, 0.29) is 23.3 Å². The van der Waals surface area contributed by atoms with Gasteiger partial charge < -0.3 is 10.6 Å². The third-order valence-corrected chi connectivity index (χ3v) is 9.31. The number of carbonyl (C=O) groups excluding carboxylic acids is 1. The lowest BCUT2D eigenvalue weighted by atomic mass is 9.92. The Morgan fingerprint density at radius 2 is 1.57 bits per heavy atom. The molecule has 7 rings (SSSR count). The van der Waals surface area contributed by atoms with Crippen LogP contribution in [-0.4, -0.2) is 52.8 Å². The molecule has 238 valence electrons. The van der Waals surface area contributed by atoms with E-state index in [0.29, 0.717) is 11.4 Å². The van der Waals surface area contributed by atoms with E-state index in [1.165, 1.54) is 6.33 Å². The number of likely N-dealkylation sites (tertiary alicyclic amines) is 1. The Bertz CT molecular complexity index is 2150. The zero-order valence-corrected chi connectivity index (χ0v) is 27.1. The van der Waals surface area contributed by atoms with Gasteiger partial charge >= 0.3 is 0 Å². The average molecular weight is 627 g/mol. The summed E-state index contributed by atoms with van der Waals surface area (Å²) in [5.41, 5.74) is 15.0. The summed E-state index contributed by atoms with van der Waals surface area (Å²) in [6.07, 6.45) is 6.98. The van der Waals surface area contributed by atoms with Gasteiger partial charge in [-0.1, -0.05) is 56.3 Å². The number of benzene rings is 2. The molecular formula is C37H38N8O2. The van der Waals surface area contributed by atoms with Gasteiger partial charge in [0.2, 0.25) is 5.91 Å². The van der Waals surface area contributed by atoms with Crippen molar-refractivity contribution in [2.45, 2.75) is 39.5 Å². The first-order valence-electron chi connectivity index (χ1n) is 16.0.